The van der Waals surface area contributed by atoms with Crippen molar-refractivity contribution in [2.24, 2.45) is 0 Å². The second-order valence-corrected chi connectivity index (χ2v) is 9.30. The van der Waals surface area contributed by atoms with Crippen molar-refractivity contribution in [3.8, 4) is 0 Å². The molecule has 4 heterocycles. The molecule has 1 unspecified atom stereocenters. The third kappa shape index (κ3) is 4.80. The van der Waals surface area contributed by atoms with Crippen LogP contribution in [-0.2, 0) is 6.42 Å². The number of hydrogen-bond acceptors (Lipinski definition) is 7. The maximum Gasteiger partial charge on any atom is 0.159 e. The Labute approximate surface area is 220 Å². The molecule has 0 saturated carbocycles. The van der Waals surface area contributed by atoms with Crippen LogP contribution in [0.15, 0.2) is 61.3 Å². The number of anilines is 3. The number of benzene rings is 2. The zero-order valence-corrected chi connectivity index (χ0v) is 21.5. The van der Waals surface area contributed by atoms with Crippen molar-refractivity contribution < 1.29 is 4.39 Å². The van der Waals surface area contributed by atoms with Gasteiger partial charge in [0, 0.05) is 37.6 Å². The van der Waals surface area contributed by atoms with Gasteiger partial charge in [0.2, 0.25) is 0 Å². The molecule has 0 aliphatic carbocycles. The summed E-state index contributed by atoms with van der Waals surface area (Å²) in [6.45, 7) is 6.59. The van der Waals surface area contributed by atoms with Crippen molar-refractivity contribution >= 4 is 46.1 Å². The molecule has 1 aliphatic heterocycles. The number of aromatic nitrogens is 5. The maximum absolute atomic E-state index is 15.9. The number of nitrogens with one attached hydrogen (secondary N) is 2. The molecule has 0 spiro atoms. The van der Waals surface area contributed by atoms with Crippen LogP contribution in [-0.4, -0.2) is 50.2 Å². The zero-order chi connectivity index (χ0) is 24.6. The number of rotatable bonds is 5. The van der Waals surface area contributed by atoms with Crippen LogP contribution in [0.1, 0.15) is 23.6 Å². The predicted molar refractivity (Wildman–Crippen MR) is 147 cm³/mol. The van der Waals surface area contributed by atoms with Crippen molar-refractivity contribution in [3.05, 3.63) is 83.8 Å². The molecule has 8 nitrogen and oxygen atoms in total. The highest BCUT2D eigenvalue weighted by atomic mass is 35.5. The van der Waals surface area contributed by atoms with E-state index in [1.54, 1.807) is 10.8 Å². The Morgan fingerprint density at radius 3 is 2.81 bits per heavy atom. The van der Waals surface area contributed by atoms with Crippen LogP contribution < -0.4 is 15.5 Å². The third-order valence-corrected chi connectivity index (χ3v) is 6.88. The molecule has 190 valence electrons. The number of fused-ring (bicyclic) bond motifs is 2. The molecular formula is C27H28ClFN8. The van der Waals surface area contributed by atoms with Crippen molar-refractivity contribution in [3.63, 3.8) is 0 Å². The second-order valence-electron chi connectivity index (χ2n) is 9.30. The van der Waals surface area contributed by atoms with Gasteiger partial charge >= 0.3 is 0 Å². The topological polar surface area (TPSA) is 83.3 Å². The van der Waals surface area contributed by atoms with Gasteiger partial charge in [0.25, 0.3) is 0 Å². The highest BCUT2D eigenvalue weighted by Gasteiger charge is 2.23. The fourth-order valence-corrected chi connectivity index (χ4v) is 4.91. The highest BCUT2D eigenvalue weighted by molar-refractivity contribution is 5.94. The minimum Gasteiger partial charge on any atom is -0.364 e. The molecule has 5 aromatic rings. The number of hydrogen-bond donors (Lipinski definition) is 2. The first-order valence-electron chi connectivity index (χ1n) is 12.1. The molecule has 3 aromatic heterocycles. The largest absolute Gasteiger partial charge is 0.364 e. The molecule has 10 heteroatoms. The molecule has 2 aromatic carbocycles. The van der Waals surface area contributed by atoms with E-state index >= 15 is 4.39 Å². The monoisotopic (exact) mass is 518 g/mol. The van der Waals surface area contributed by atoms with Crippen LogP contribution in [0.3, 0.4) is 0 Å². The van der Waals surface area contributed by atoms with Gasteiger partial charge in [-0.15, -0.1) is 12.4 Å². The number of aryl methyl sites for hydroxylation is 1. The minimum absolute atomic E-state index is 0. The second kappa shape index (κ2) is 10.3. The molecule has 2 N–H and O–H groups in total. The van der Waals surface area contributed by atoms with Crippen molar-refractivity contribution in [2.75, 3.05) is 29.9 Å². The summed E-state index contributed by atoms with van der Waals surface area (Å²) < 4.78 is 17.6. The number of piperazine rings is 1. The van der Waals surface area contributed by atoms with E-state index in [1.165, 1.54) is 11.9 Å². The summed E-state index contributed by atoms with van der Waals surface area (Å²) in [5.41, 5.74) is 6.35. The number of halogens is 2. The molecule has 1 aliphatic rings. The summed E-state index contributed by atoms with van der Waals surface area (Å²) in [7, 11) is 0. The molecule has 1 atom stereocenters. The minimum atomic E-state index is -0.290. The van der Waals surface area contributed by atoms with Gasteiger partial charge in [-0.3, -0.25) is 0 Å². The van der Waals surface area contributed by atoms with E-state index in [0.717, 1.165) is 48.5 Å². The lowest BCUT2D eigenvalue weighted by Crippen LogP contribution is -2.50. The summed E-state index contributed by atoms with van der Waals surface area (Å²) in [5, 5.41) is 11.3. The Balaban J connectivity index is 0.00000280. The van der Waals surface area contributed by atoms with Crippen molar-refractivity contribution in [2.45, 2.75) is 26.3 Å². The van der Waals surface area contributed by atoms with Crippen molar-refractivity contribution in [1.82, 2.24) is 29.9 Å². The van der Waals surface area contributed by atoms with E-state index in [9.17, 15) is 0 Å². The molecule has 37 heavy (non-hydrogen) atoms. The quantitative estimate of drug-likeness (QED) is 0.349. The fourth-order valence-electron chi connectivity index (χ4n) is 4.91. The number of pyridine rings is 1. The first-order chi connectivity index (χ1) is 17.6. The fraction of sp³-hybridized carbons (Fsp3) is 0.259. The van der Waals surface area contributed by atoms with Crippen LogP contribution in [0, 0.1) is 12.7 Å². The van der Waals surface area contributed by atoms with Gasteiger partial charge in [-0.1, -0.05) is 6.07 Å². The number of nitrogens with zero attached hydrogens (tertiary/aromatic N) is 6. The standard InChI is InChI=1S/C27H27FN8.ClH/c1-17-11-21(4-3-20(17)12-19-7-9-36-24(13-19)31-16-33-36)34-27-25-22(30-15-32-27)5-6-23(26(25)28)35-10-8-29-14-18(35)2;/h3-7,9,11,13,15-16,18,29H,8,10,12,14H2,1-2H3,(H,30,32,34);1H. The molecule has 0 radical (unpaired) electrons. The zero-order valence-electron chi connectivity index (χ0n) is 20.6. The molecule has 0 bridgehead atoms. The van der Waals surface area contributed by atoms with Gasteiger partial charge < -0.3 is 15.5 Å². The van der Waals surface area contributed by atoms with Gasteiger partial charge in [0.15, 0.2) is 11.5 Å². The van der Waals surface area contributed by atoms with Crippen LogP contribution >= 0.6 is 12.4 Å². The Bertz CT molecular complexity index is 1570. The smallest absolute Gasteiger partial charge is 0.159 e. The average molecular weight is 519 g/mol. The molecule has 0 amide bonds. The Hall–Kier alpha value is -3.82. The van der Waals surface area contributed by atoms with Gasteiger partial charge in [-0.05, 0) is 73.4 Å². The van der Waals surface area contributed by atoms with Crippen LogP contribution in [0.25, 0.3) is 16.6 Å². The highest BCUT2D eigenvalue weighted by Crippen LogP contribution is 2.33. The van der Waals surface area contributed by atoms with Gasteiger partial charge in [0.05, 0.1) is 16.6 Å². The molecule has 1 fully saturated rings. The van der Waals surface area contributed by atoms with E-state index in [1.807, 2.05) is 30.5 Å². The van der Waals surface area contributed by atoms with Crippen molar-refractivity contribution in [1.29, 1.82) is 0 Å². The Kier molecular flexibility index (Phi) is 6.90. The van der Waals surface area contributed by atoms with Gasteiger partial charge in [-0.2, -0.15) is 5.10 Å². The van der Waals surface area contributed by atoms with E-state index < -0.39 is 0 Å². The summed E-state index contributed by atoms with van der Waals surface area (Å²) in [6, 6.07) is 14.2. The third-order valence-electron chi connectivity index (χ3n) is 6.88. The summed E-state index contributed by atoms with van der Waals surface area (Å²) in [4.78, 5) is 15.1. The summed E-state index contributed by atoms with van der Waals surface area (Å²) in [6.07, 6.45) is 5.73. The Morgan fingerprint density at radius 1 is 1.08 bits per heavy atom. The normalized spacial score (nSPS) is 15.6. The van der Waals surface area contributed by atoms with E-state index in [2.05, 4.69) is 67.6 Å². The lowest BCUT2D eigenvalue weighted by atomic mass is 10.0. The summed E-state index contributed by atoms with van der Waals surface area (Å²) >= 11 is 0. The average Bonchev–Trinajstić information content (AvgIpc) is 3.35. The van der Waals surface area contributed by atoms with E-state index in [4.69, 9.17) is 0 Å². The lowest BCUT2D eigenvalue weighted by molar-refractivity contribution is 0.492. The first kappa shape index (κ1) is 24.9. The van der Waals surface area contributed by atoms with Crippen LogP contribution in [0.4, 0.5) is 21.6 Å². The Morgan fingerprint density at radius 2 is 1.97 bits per heavy atom. The van der Waals surface area contributed by atoms with Gasteiger partial charge in [-0.25, -0.2) is 23.9 Å². The van der Waals surface area contributed by atoms with Crippen LogP contribution in [0.2, 0.25) is 0 Å². The predicted octanol–water partition coefficient (Wildman–Crippen LogP) is 4.67. The summed E-state index contributed by atoms with van der Waals surface area (Å²) in [5.74, 6) is 0.174. The SMILES string of the molecule is Cc1cc(Nc2ncnc3ccc(N4CCNCC4C)c(F)c23)ccc1Cc1ccn2ncnc2c1.Cl. The van der Waals surface area contributed by atoms with Crippen LogP contribution in [0.5, 0.6) is 0 Å². The molecule has 6 rings (SSSR count). The van der Waals surface area contributed by atoms with E-state index in [-0.39, 0.29) is 24.3 Å². The molecule has 1 saturated heterocycles. The van der Waals surface area contributed by atoms with Gasteiger partial charge in [0.1, 0.15) is 18.5 Å². The maximum atomic E-state index is 15.9. The van der Waals surface area contributed by atoms with E-state index in [0.29, 0.717) is 22.4 Å². The first-order valence-corrected chi connectivity index (χ1v) is 12.1. The lowest BCUT2D eigenvalue weighted by Gasteiger charge is -2.36. The molecular weight excluding hydrogens is 491 g/mol.